The van der Waals surface area contributed by atoms with Crippen molar-refractivity contribution in [2.75, 3.05) is 13.1 Å². The molecule has 7 aliphatic rings. The number of ether oxygens (including phenoxy) is 1. The van der Waals surface area contributed by atoms with Crippen molar-refractivity contribution in [2.24, 2.45) is 40.9 Å². The van der Waals surface area contributed by atoms with E-state index >= 15 is 0 Å². The zero-order chi connectivity index (χ0) is 24.1. The van der Waals surface area contributed by atoms with E-state index in [2.05, 4.69) is 18.7 Å². The standard InChI is InChI=1S/C27H43NO6/c1-14-4-7-20-24(3,31)22-15(13-28(20)12-14)16-10-26-19(25(16,32)11-17(22)29)6-5-18-23(26,2)9-8-21(30)27(18,33)34-26/h14-22,29-33H,4-13H2,1-3H3/t14-,15-,16-,17-,18-,19-,20-,21-,22+,23-,24+,25-,26+,27-/m0/s1. The Morgan fingerprint density at radius 1 is 0.882 bits per heavy atom. The average Bonchev–Trinajstić information content (AvgIpc) is 2.98. The van der Waals surface area contributed by atoms with Gasteiger partial charge in [0.15, 0.2) is 5.79 Å². The number of hydrogen-bond acceptors (Lipinski definition) is 7. The van der Waals surface area contributed by atoms with Crippen LogP contribution in [0.3, 0.4) is 0 Å². The lowest BCUT2D eigenvalue weighted by molar-refractivity contribution is -0.283. The molecular formula is C27H43NO6. The molecule has 7 nitrogen and oxygen atoms in total. The van der Waals surface area contributed by atoms with E-state index in [1.54, 1.807) is 0 Å². The molecule has 5 N–H and O–H groups in total. The highest BCUT2D eigenvalue weighted by molar-refractivity contribution is 5.30. The van der Waals surface area contributed by atoms with Crippen LogP contribution in [0.4, 0.5) is 0 Å². The monoisotopic (exact) mass is 477 g/mol. The van der Waals surface area contributed by atoms with Crippen LogP contribution in [-0.4, -0.2) is 84.4 Å². The molecule has 192 valence electrons. The largest absolute Gasteiger partial charge is 0.393 e. The van der Waals surface area contributed by atoms with Crippen LogP contribution < -0.4 is 0 Å². The van der Waals surface area contributed by atoms with Crippen LogP contribution in [0.2, 0.25) is 0 Å². The zero-order valence-electron chi connectivity index (χ0n) is 20.9. The van der Waals surface area contributed by atoms with E-state index in [4.69, 9.17) is 4.74 Å². The molecule has 14 atom stereocenters. The molecule has 0 unspecified atom stereocenters. The third kappa shape index (κ3) is 2.36. The fraction of sp³-hybridized carbons (Fsp3) is 1.00. The second-order valence-electron chi connectivity index (χ2n) is 14.0. The predicted octanol–water partition coefficient (Wildman–Crippen LogP) is 1.24. The number of fused-ring (bicyclic) bond motifs is 5. The Labute approximate surface area is 202 Å². The molecule has 4 bridgehead atoms. The van der Waals surface area contributed by atoms with E-state index in [1.165, 1.54) is 0 Å². The van der Waals surface area contributed by atoms with E-state index in [1.807, 2.05) is 6.92 Å². The highest BCUT2D eigenvalue weighted by Crippen LogP contribution is 2.76. The van der Waals surface area contributed by atoms with Crippen LogP contribution in [0.15, 0.2) is 0 Å². The number of aliphatic hydroxyl groups is 5. The van der Waals surface area contributed by atoms with E-state index in [-0.39, 0.29) is 47.5 Å². The van der Waals surface area contributed by atoms with E-state index in [0.717, 1.165) is 45.2 Å². The maximum atomic E-state index is 12.4. The number of rotatable bonds is 0. The van der Waals surface area contributed by atoms with Crippen LogP contribution in [0.5, 0.6) is 0 Å². The minimum Gasteiger partial charge on any atom is -0.393 e. The first-order valence-corrected chi connectivity index (χ1v) is 13.9. The Morgan fingerprint density at radius 2 is 1.62 bits per heavy atom. The van der Waals surface area contributed by atoms with E-state index in [0.29, 0.717) is 18.8 Å². The fourth-order valence-corrected chi connectivity index (χ4v) is 11.4. The first-order chi connectivity index (χ1) is 15.9. The Morgan fingerprint density at radius 3 is 2.38 bits per heavy atom. The van der Waals surface area contributed by atoms with Gasteiger partial charge in [-0.25, -0.2) is 0 Å². The molecule has 3 aliphatic heterocycles. The summed E-state index contributed by atoms with van der Waals surface area (Å²) in [6.07, 6.45) is 4.02. The molecule has 4 saturated carbocycles. The summed E-state index contributed by atoms with van der Waals surface area (Å²) in [7, 11) is 0. The molecule has 0 radical (unpaired) electrons. The van der Waals surface area contributed by atoms with Gasteiger partial charge in [-0.2, -0.15) is 0 Å². The predicted molar refractivity (Wildman–Crippen MR) is 123 cm³/mol. The molecule has 3 heterocycles. The minimum absolute atomic E-state index is 0.0315. The number of nitrogens with zero attached hydrogens (tertiary/aromatic N) is 1. The molecule has 0 amide bonds. The van der Waals surface area contributed by atoms with E-state index in [9.17, 15) is 25.5 Å². The topological polar surface area (TPSA) is 114 Å². The Hall–Kier alpha value is -0.280. The van der Waals surface area contributed by atoms with Gasteiger partial charge < -0.3 is 30.3 Å². The summed E-state index contributed by atoms with van der Waals surface area (Å²) in [6.45, 7) is 8.13. The summed E-state index contributed by atoms with van der Waals surface area (Å²) >= 11 is 0. The van der Waals surface area contributed by atoms with Crippen LogP contribution in [-0.2, 0) is 4.74 Å². The fourth-order valence-electron chi connectivity index (χ4n) is 11.4. The third-order valence-corrected chi connectivity index (χ3v) is 12.7. The van der Waals surface area contributed by atoms with Gasteiger partial charge in [-0.1, -0.05) is 13.8 Å². The number of aliphatic hydroxyl groups excluding tert-OH is 2. The maximum Gasteiger partial charge on any atom is 0.196 e. The number of piperidine rings is 2. The maximum absolute atomic E-state index is 12.4. The van der Waals surface area contributed by atoms with Crippen molar-refractivity contribution >= 4 is 0 Å². The summed E-state index contributed by atoms with van der Waals surface area (Å²) < 4.78 is 6.66. The molecule has 1 spiro atoms. The van der Waals surface area contributed by atoms with Gasteiger partial charge in [0.2, 0.25) is 0 Å². The van der Waals surface area contributed by atoms with Crippen molar-refractivity contribution in [3.8, 4) is 0 Å². The first kappa shape index (κ1) is 22.9. The normalized spacial score (nSPS) is 66.9. The van der Waals surface area contributed by atoms with Crippen molar-refractivity contribution in [1.82, 2.24) is 4.90 Å². The lowest BCUT2D eigenvalue weighted by atomic mass is 9.50. The SMILES string of the molecule is C[C@H]1CC[C@@H]2N(C1)C[C@@H]1[C@H]([C@@H](O)C[C@]3(O)[C@H]1C[C@@]14O[C@@]5(O)[C@@H](CC[C@@H]31)[C@]4(C)CC[C@@H]5O)[C@]2(C)O. The molecule has 4 aliphatic carbocycles. The molecular weight excluding hydrogens is 434 g/mol. The summed E-state index contributed by atoms with van der Waals surface area (Å²) in [6, 6.07) is 0.0485. The highest BCUT2D eigenvalue weighted by Gasteiger charge is 2.83. The zero-order valence-corrected chi connectivity index (χ0v) is 20.9. The Balaban J connectivity index is 1.32. The Bertz CT molecular complexity index is 898. The Kier molecular flexibility index (Phi) is 4.43. The van der Waals surface area contributed by atoms with Crippen molar-refractivity contribution in [3.05, 3.63) is 0 Å². The molecule has 0 aromatic heterocycles. The summed E-state index contributed by atoms with van der Waals surface area (Å²) in [5, 5.41) is 58.3. The summed E-state index contributed by atoms with van der Waals surface area (Å²) in [5.74, 6) is -1.69. The van der Waals surface area contributed by atoms with Gasteiger partial charge in [0.25, 0.3) is 0 Å². The van der Waals surface area contributed by atoms with Crippen molar-refractivity contribution in [1.29, 1.82) is 0 Å². The van der Waals surface area contributed by atoms with Crippen LogP contribution in [0.25, 0.3) is 0 Å². The molecule has 7 heteroatoms. The second kappa shape index (κ2) is 6.58. The van der Waals surface area contributed by atoms with Gasteiger partial charge in [-0.05, 0) is 69.6 Å². The van der Waals surface area contributed by atoms with Crippen molar-refractivity contribution < 1.29 is 30.3 Å². The lowest BCUT2D eigenvalue weighted by Crippen LogP contribution is -2.72. The van der Waals surface area contributed by atoms with Gasteiger partial charge in [-0.3, -0.25) is 4.90 Å². The van der Waals surface area contributed by atoms with Gasteiger partial charge in [0.1, 0.15) is 6.10 Å². The third-order valence-electron chi connectivity index (χ3n) is 12.7. The summed E-state index contributed by atoms with van der Waals surface area (Å²) in [5.41, 5.74) is -3.11. The molecule has 0 aromatic carbocycles. The smallest absolute Gasteiger partial charge is 0.196 e. The van der Waals surface area contributed by atoms with Gasteiger partial charge in [0.05, 0.1) is 22.9 Å². The summed E-state index contributed by atoms with van der Waals surface area (Å²) in [4.78, 5) is 2.43. The molecule has 0 aromatic rings. The molecule has 7 fully saturated rings. The minimum atomic E-state index is -1.55. The first-order valence-electron chi connectivity index (χ1n) is 13.9. The molecule has 3 saturated heterocycles. The average molecular weight is 478 g/mol. The lowest BCUT2D eigenvalue weighted by Gasteiger charge is -2.62. The quantitative estimate of drug-likeness (QED) is 0.357. The number of hydrogen-bond donors (Lipinski definition) is 5. The van der Waals surface area contributed by atoms with Gasteiger partial charge >= 0.3 is 0 Å². The van der Waals surface area contributed by atoms with Crippen LogP contribution in [0, 0.1) is 40.9 Å². The van der Waals surface area contributed by atoms with Gasteiger partial charge in [-0.15, -0.1) is 0 Å². The molecule has 7 rings (SSSR count). The van der Waals surface area contributed by atoms with Crippen LogP contribution in [0.1, 0.15) is 72.1 Å². The van der Waals surface area contributed by atoms with Crippen molar-refractivity contribution in [2.45, 2.75) is 113 Å². The molecule has 34 heavy (non-hydrogen) atoms. The highest BCUT2D eigenvalue weighted by atomic mass is 16.7. The van der Waals surface area contributed by atoms with Gasteiger partial charge in [0, 0.05) is 48.7 Å². The van der Waals surface area contributed by atoms with Crippen LogP contribution >= 0.6 is 0 Å². The second-order valence-corrected chi connectivity index (χ2v) is 14.0. The van der Waals surface area contributed by atoms with E-state index < -0.39 is 34.8 Å². The van der Waals surface area contributed by atoms with Crippen molar-refractivity contribution in [3.63, 3.8) is 0 Å².